The van der Waals surface area contributed by atoms with Crippen LogP contribution in [0.3, 0.4) is 0 Å². The summed E-state index contributed by atoms with van der Waals surface area (Å²) in [6, 6.07) is 10.4. The molecule has 25 heavy (non-hydrogen) atoms. The van der Waals surface area contributed by atoms with E-state index in [1.165, 1.54) is 5.56 Å². The van der Waals surface area contributed by atoms with Crippen LogP contribution >= 0.6 is 11.3 Å². The molecule has 1 aromatic heterocycles. The van der Waals surface area contributed by atoms with Gasteiger partial charge in [0.05, 0.1) is 5.01 Å². The van der Waals surface area contributed by atoms with Crippen molar-refractivity contribution in [1.29, 1.82) is 0 Å². The van der Waals surface area contributed by atoms with E-state index in [0.29, 0.717) is 6.42 Å². The molecule has 1 aliphatic rings. The largest absolute Gasteiger partial charge is 0.340 e. The Morgan fingerprint density at radius 1 is 1.20 bits per heavy atom. The van der Waals surface area contributed by atoms with E-state index in [9.17, 15) is 4.79 Å². The Kier molecular flexibility index (Phi) is 6.36. The van der Waals surface area contributed by atoms with Gasteiger partial charge in [0.15, 0.2) is 0 Å². The lowest BCUT2D eigenvalue weighted by Gasteiger charge is -2.34. The van der Waals surface area contributed by atoms with E-state index in [1.807, 2.05) is 23.3 Å². The van der Waals surface area contributed by atoms with E-state index in [2.05, 4.69) is 46.3 Å². The number of aryl methyl sites for hydroxylation is 2. The smallest absolute Gasteiger partial charge is 0.223 e. The predicted octanol–water partition coefficient (Wildman–Crippen LogP) is 3.24. The van der Waals surface area contributed by atoms with Crippen LogP contribution in [0.25, 0.3) is 6.08 Å². The lowest BCUT2D eigenvalue weighted by atomic mass is 10.2. The van der Waals surface area contributed by atoms with Crippen LogP contribution in [0.15, 0.2) is 41.8 Å². The summed E-state index contributed by atoms with van der Waals surface area (Å²) in [5.74, 6) is 0.257. The van der Waals surface area contributed by atoms with Crippen LogP contribution in [0, 0.1) is 6.92 Å². The number of benzene rings is 1. The summed E-state index contributed by atoms with van der Waals surface area (Å²) in [5.41, 5.74) is 2.28. The zero-order valence-corrected chi connectivity index (χ0v) is 15.5. The number of amides is 1. The number of hydrogen-bond acceptors (Lipinski definition) is 4. The third-order valence-corrected chi connectivity index (χ3v) is 5.44. The molecule has 1 aliphatic heterocycles. The van der Waals surface area contributed by atoms with Gasteiger partial charge in [-0.25, -0.2) is 4.98 Å². The molecule has 1 saturated heterocycles. The fraction of sp³-hybridized carbons (Fsp3) is 0.400. The van der Waals surface area contributed by atoms with E-state index in [-0.39, 0.29) is 5.91 Å². The summed E-state index contributed by atoms with van der Waals surface area (Å²) in [6.45, 7) is 6.48. The van der Waals surface area contributed by atoms with Crippen LogP contribution in [-0.4, -0.2) is 53.4 Å². The van der Waals surface area contributed by atoms with Crippen LogP contribution in [0.4, 0.5) is 0 Å². The Morgan fingerprint density at radius 3 is 2.64 bits per heavy atom. The van der Waals surface area contributed by atoms with E-state index in [1.54, 1.807) is 11.3 Å². The average Bonchev–Trinajstić information content (AvgIpc) is 3.06. The van der Waals surface area contributed by atoms with Crippen molar-refractivity contribution in [3.05, 3.63) is 58.1 Å². The van der Waals surface area contributed by atoms with Gasteiger partial charge >= 0.3 is 0 Å². The van der Waals surface area contributed by atoms with Crippen molar-refractivity contribution in [3.8, 4) is 0 Å². The lowest BCUT2D eigenvalue weighted by molar-refractivity contribution is -0.132. The van der Waals surface area contributed by atoms with Gasteiger partial charge in [-0.05, 0) is 12.5 Å². The van der Waals surface area contributed by atoms with Gasteiger partial charge in [0.1, 0.15) is 0 Å². The van der Waals surface area contributed by atoms with Crippen LogP contribution < -0.4 is 0 Å². The maximum Gasteiger partial charge on any atom is 0.223 e. The van der Waals surface area contributed by atoms with Gasteiger partial charge in [0.25, 0.3) is 0 Å². The first-order valence-electron chi connectivity index (χ1n) is 8.83. The predicted molar refractivity (Wildman–Crippen MR) is 104 cm³/mol. The van der Waals surface area contributed by atoms with Gasteiger partial charge in [0, 0.05) is 56.6 Å². The summed E-state index contributed by atoms with van der Waals surface area (Å²) in [7, 11) is 0. The number of carbonyl (C=O) groups excluding carboxylic acids is 1. The van der Waals surface area contributed by atoms with Crippen molar-refractivity contribution >= 4 is 23.3 Å². The van der Waals surface area contributed by atoms with Gasteiger partial charge < -0.3 is 4.90 Å². The number of carbonyl (C=O) groups is 1. The molecule has 0 radical (unpaired) electrons. The average molecular weight is 356 g/mol. The first-order chi connectivity index (χ1) is 12.2. The fourth-order valence-electron chi connectivity index (χ4n) is 2.97. The second kappa shape index (κ2) is 8.92. The van der Waals surface area contributed by atoms with Crippen LogP contribution in [-0.2, 0) is 11.2 Å². The maximum atomic E-state index is 12.4. The second-order valence-electron chi connectivity index (χ2n) is 6.38. The highest BCUT2D eigenvalue weighted by Crippen LogP contribution is 2.12. The van der Waals surface area contributed by atoms with E-state index in [0.717, 1.165) is 49.8 Å². The molecule has 2 heterocycles. The molecule has 0 N–H and O–H groups in total. The fourth-order valence-corrected chi connectivity index (χ4v) is 3.75. The van der Waals surface area contributed by atoms with Crippen molar-refractivity contribution in [2.24, 2.45) is 0 Å². The molecular formula is C20H25N3OS. The molecule has 0 unspecified atom stereocenters. The van der Waals surface area contributed by atoms with Gasteiger partial charge in [-0.1, -0.05) is 42.5 Å². The minimum Gasteiger partial charge on any atom is -0.340 e. The van der Waals surface area contributed by atoms with E-state index in [4.69, 9.17) is 0 Å². The van der Waals surface area contributed by atoms with E-state index < -0.39 is 0 Å². The zero-order valence-electron chi connectivity index (χ0n) is 14.7. The Balaban J connectivity index is 1.37. The monoisotopic (exact) mass is 355 g/mol. The molecule has 0 atom stereocenters. The standard InChI is InChI=1S/C20H25N3OS/c1-17-16-25-19(21-17)9-10-20(24)23-14-12-22(13-15-23)11-5-8-18-6-3-2-4-7-18/h2-8,16H,9-15H2,1H3/b8-5+. The quantitative estimate of drug-likeness (QED) is 0.798. The molecule has 2 aromatic rings. The summed E-state index contributed by atoms with van der Waals surface area (Å²) >= 11 is 1.65. The van der Waals surface area contributed by atoms with Crippen molar-refractivity contribution in [3.63, 3.8) is 0 Å². The molecule has 0 spiro atoms. The zero-order chi connectivity index (χ0) is 17.5. The number of nitrogens with zero attached hydrogens (tertiary/aromatic N) is 3. The molecular weight excluding hydrogens is 330 g/mol. The molecule has 4 nitrogen and oxygen atoms in total. The molecule has 1 amide bonds. The molecule has 0 aliphatic carbocycles. The summed E-state index contributed by atoms with van der Waals surface area (Å²) in [5, 5.41) is 3.11. The Bertz CT molecular complexity index is 703. The second-order valence-corrected chi connectivity index (χ2v) is 7.32. The van der Waals surface area contributed by atoms with Gasteiger partial charge in [-0.3, -0.25) is 9.69 Å². The molecule has 0 saturated carbocycles. The molecule has 1 fully saturated rings. The lowest BCUT2D eigenvalue weighted by Crippen LogP contribution is -2.48. The minimum absolute atomic E-state index is 0.257. The molecule has 3 rings (SSSR count). The first kappa shape index (κ1) is 17.8. The SMILES string of the molecule is Cc1csc(CCC(=O)N2CCN(C/C=C/c3ccccc3)CC2)n1. The summed E-state index contributed by atoms with van der Waals surface area (Å²) < 4.78 is 0. The normalized spacial score (nSPS) is 15.8. The minimum atomic E-state index is 0.257. The molecule has 0 bridgehead atoms. The third kappa shape index (κ3) is 5.51. The van der Waals surface area contributed by atoms with E-state index >= 15 is 0 Å². The molecule has 132 valence electrons. The Morgan fingerprint density at radius 2 is 1.96 bits per heavy atom. The van der Waals surface area contributed by atoms with Gasteiger partial charge in [0.2, 0.25) is 5.91 Å². The van der Waals surface area contributed by atoms with Gasteiger partial charge in [-0.15, -0.1) is 11.3 Å². The number of aromatic nitrogens is 1. The van der Waals surface area contributed by atoms with Crippen molar-refractivity contribution in [2.45, 2.75) is 19.8 Å². The van der Waals surface area contributed by atoms with Crippen molar-refractivity contribution < 1.29 is 4.79 Å². The van der Waals surface area contributed by atoms with Crippen molar-refractivity contribution in [1.82, 2.24) is 14.8 Å². The number of hydrogen-bond donors (Lipinski definition) is 0. The Hall–Kier alpha value is -1.98. The summed E-state index contributed by atoms with van der Waals surface area (Å²) in [6.07, 6.45) is 5.70. The third-order valence-electron chi connectivity index (χ3n) is 4.42. The summed E-state index contributed by atoms with van der Waals surface area (Å²) in [4.78, 5) is 21.2. The number of piperazine rings is 1. The highest BCUT2D eigenvalue weighted by Gasteiger charge is 2.20. The number of rotatable bonds is 6. The molecule has 5 heteroatoms. The number of thiazole rings is 1. The van der Waals surface area contributed by atoms with Gasteiger partial charge in [-0.2, -0.15) is 0 Å². The van der Waals surface area contributed by atoms with Crippen molar-refractivity contribution in [2.75, 3.05) is 32.7 Å². The van der Waals surface area contributed by atoms with Crippen LogP contribution in [0.5, 0.6) is 0 Å². The maximum absolute atomic E-state index is 12.4. The Labute approximate surface area is 153 Å². The first-order valence-corrected chi connectivity index (χ1v) is 9.71. The van der Waals surface area contributed by atoms with Crippen LogP contribution in [0.1, 0.15) is 22.7 Å². The van der Waals surface area contributed by atoms with Crippen LogP contribution in [0.2, 0.25) is 0 Å². The molecule has 1 aromatic carbocycles. The topological polar surface area (TPSA) is 36.4 Å². The highest BCUT2D eigenvalue weighted by molar-refractivity contribution is 7.09. The highest BCUT2D eigenvalue weighted by atomic mass is 32.1.